The van der Waals surface area contributed by atoms with Crippen molar-refractivity contribution in [3.63, 3.8) is 0 Å². The Balaban J connectivity index is 2.08. The minimum atomic E-state index is -0.613. The lowest BCUT2D eigenvalue weighted by molar-refractivity contribution is -0.144. The minimum Gasteiger partial charge on any atom is -0.461 e. The van der Waals surface area contributed by atoms with Gasteiger partial charge in [-0.25, -0.2) is 0 Å². The number of amides is 2. The van der Waals surface area contributed by atoms with Gasteiger partial charge in [0.25, 0.3) is 0 Å². The maximum Gasteiger partial charge on any atom is 0.307 e. The SMILES string of the molecule is CC(=O)NCCCC[C@H](N)C(=O)NCCC(=O)OCc1ccccc1. The third kappa shape index (κ3) is 10.1. The van der Waals surface area contributed by atoms with Crippen molar-refractivity contribution < 1.29 is 19.1 Å². The molecule has 0 heterocycles. The second-order valence-electron chi connectivity index (χ2n) is 5.77. The molecule has 0 aromatic heterocycles. The van der Waals surface area contributed by atoms with E-state index in [1.807, 2.05) is 30.3 Å². The Morgan fingerprint density at radius 1 is 1.08 bits per heavy atom. The van der Waals surface area contributed by atoms with E-state index in [0.29, 0.717) is 13.0 Å². The van der Waals surface area contributed by atoms with Crippen molar-refractivity contribution in [3.05, 3.63) is 35.9 Å². The molecular formula is C18H27N3O4. The third-order valence-electron chi connectivity index (χ3n) is 3.52. The van der Waals surface area contributed by atoms with Gasteiger partial charge in [-0.05, 0) is 24.8 Å². The molecule has 0 aliphatic carbocycles. The molecule has 0 bridgehead atoms. The van der Waals surface area contributed by atoms with E-state index in [9.17, 15) is 14.4 Å². The van der Waals surface area contributed by atoms with Gasteiger partial charge in [-0.15, -0.1) is 0 Å². The van der Waals surface area contributed by atoms with Crippen molar-refractivity contribution in [2.45, 2.75) is 45.3 Å². The molecule has 1 atom stereocenters. The zero-order chi connectivity index (χ0) is 18.5. The Morgan fingerprint density at radius 3 is 2.48 bits per heavy atom. The van der Waals surface area contributed by atoms with Gasteiger partial charge in [-0.3, -0.25) is 14.4 Å². The predicted molar refractivity (Wildman–Crippen MR) is 94.4 cm³/mol. The maximum absolute atomic E-state index is 11.8. The van der Waals surface area contributed by atoms with Gasteiger partial charge in [-0.2, -0.15) is 0 Å². The molecule has 0 spiro atoms. The number of nitrogens with two attached hydrogens (primary N) is 1. The second-order valence-corrected chi connectivity index (χ2v) is 5.77. The average molecular weight is 349 g/mol. The van der Waals surface area contributed by atoms with Crippen LogP contribution in [0.5, 0.6) is 0 Å². The molecule has 0 aliphatic heterocycles. The summed E-state index contributed by atoms with van der Waals surface area (Å²) in [6, 6.07) is 8.78. The number of ether oxygens (including phenoxy) is 1. The summed E-state index contributed by atoms with van der Waals surface area (Å²) in [5.41, 5.74) is 6.71. The summed E-state index contributed by atoms with van der Waals surface area (Å²) in [6.45, 7) is 2.47. The molecule has 0 fully saturated rings. The molecule has 0 saturated carbocycles. The highest BCUT2D eigenvalue weighted by atomic mass is 16.5. The summed E-state index contributed by atoms with van der Waals surface area (Å²) in [7, 11) is 0. The summed E-state index contributed by atoms with van der Waals surface area (Å²) >= 11 is 0. The normalized spacial score (nSPS) is 11.4. The summed E-state index contributed by atoms with van der Waals surface area (Å²) in [5.74, 6) is -0.718. The fourth-order valence-electron chi connectivity index (χ4n) is 2.11. The van der Waals surface area contributed by atoms with Gasteiger partial charge in [-0.1, -0.05) is 30.3 Å². The van der Waals surface area contributed by atoms with Crippen molar-refractivity contribution in [2.24, 2.45) is 5.73 Å². The standard InChI is InChI=1S/C18H27N3O4/c1-14(22)20-11-6-5-9-16(19)18(24)21-12-10-17(23)25-13-15-7-3-2-4-8-15/h2-4,7-8,16H,5-6,9-13,19H2,1H3,(H,20,22)(H,21,24)/t16-/m0/s1. The summed E-state index contributed by atoms with van der Waals surface area (Å²) in [6.07, 6.45) is 2.15. The molecule has 1 rings (SSSR count). The molecule has 1 aromatic rings. The molecule has 25 heavy (non-hydrogen) atoms. The van der Waals surface area contributed by atoms with Crippen LogP contribution in [0.25, 0.3) is 0 Å². The summed E-state index contributed by atoms with van der Waals surface area (Å²) in [4.78, 5) is 34.2. The first kappa shape index (κ1) is 20.6. The van der Waals surface area contributed by atoms with Crippen LogP contribution in [0.15, 0.2) is 30.3 Å². The number of carbonyl (C=O) groups is 3. The smallest absolute Gasteiger partial charge is 0.307 e. The fourth-order valence-corrected chi connectivity index (χ4v) is 2.11. The number of hydrogen-bond acceptors (Lipinski definition) is 5. The van der Waals surface area contributed by atoms with Crippen LogP contribution in [0.1, 0.15) is 38.2 Å². The third-order valence-corrected chi connectivity index (χ3v) is 3.52. The van der Waals surface area contributed by atoms with Crippen LogP contribution in [0.4, 0.5) is 0 Å². The first-order valence-electron chi connectivity index (χ1n) is 8.46. The van der Waals surface area contributed by atoms with E-state index >= 15 is 0 Å². The van der Waals surface area contributed by atoms with Gasteiger partial charge in [0, 0.05) is 20.0 Å². The Bertz CT molecular complexity index is 549. The minimum absolute atomic E-state index is 0.0683. The van der Waals surface area contributed by atoms with Gasteiger partial charge in [0.15, 0.2) is 0 Å². The first-order valence-corrected chi connectivity index (χ1v) is 8.46. The van der Waals surface area contributed by atoms with Crippen LogP contribution in [0.3, 0.4) is 0 Å². The van der Waals surface area contributed by atoms with E-state index in [1.54, 1.807) is 0 Å². The van der Waals surface area contributed by atoms with E-state index in [-0.39, 0.29) is 37.4 Å². The number of rotatable bonds is 11. The Hall–Kier alpha value is -2.41. The first-order chi connectivity index (χ1) is 12.0. The number of benzene rings is 1. The van der Waals surface area contributed by atoms with E-state index in [4.69, 9.17) is 10.5 Å². The van der Waals surface area contributed by atoms with Gasteiger partial charge in [0.1, 0.15) is 6.61 Å². The van der Waals surface area contributed by atoms with Crippen LogP contribution >= 0.6 is 0 Å². The van der Waals surface area contributed by atoms with Crippen molar-refractivity contribution >= 4 is 17.8 Å². The van der Waals surface area contributed by atoms with E-state index in [0.717, 1.165) is 18.4 Å². The summed E-state index contributed by atoms with van der Waals surface area (Å²) < 4.78 is 5.13. The topological polar surface area (TPSA) is 111 Å². The molecule has 0 unspecified atom stereocenters. The van der Waals surface area contributed by atoms with Gasteiger partial charge >= 0.3 is 5.97 Å². The molecule has 0 aliphatic rings. The fraction of sp³-hybridized carbons (Fsp3) is 0.500. The van der Waals surface area contributed by atoms with Crippen LogP contribution in [0.2, 0.25) is 0 Å². The Labute approximate surface area is 148 Å². The lowest BCUT2D eigenvalue weighted by atomic mass is 10.1. The van der Waals surface area contributed by atoms with Crippen LogP contribution in [-0.2, 0) is 25.7 Å². The van der Waals surface area contributed by atoms with Crippen molar-refractivity contribution in [3.8, 4) is 0 Å². The molecule has 0 radical (unpaired) electrons. The van der Waals surface area contributed by atoms with Gasteiger partial charge in [0.05, 0.1) is 12.5 Å². The molecule has 7 nitrogen and oxygen atoms in total. The van der Waals surface area contributed by atoms with Crippen LogP contribution in [0, 0.1) is 0 Å². The Morgan fingerprint density at radius 2 is 1.80 bits per heavy atom. The Kier molecular flexibility index (Phi) is 9.92. The van der Waals surface area contributed by atoms with Crippen LogP contribution < -0.4 is 16.4 Å². The number of unbranched alkanes of at least 4 members (excludes halogenated alkanes) is 1. The summed E-state index contributed by atoms with van der Waals surface area (Å²) in [5, 5.41) is 5.32. The lowest BCUT2D eigenvalue weighted by Gasteiger charge is -2.12. The molecule has 2 amide bonds. The largest absolute Gasteiger partial charge is 0.461 e. The number of hydrogen-bond donors (Lipinski definition) is 3. The predicted octanol–water partition coefficient (Wildman–Crippen LogP) is 0.870. The van der Waals surface area contributed by atoms with Gasteiger partial charge < -0.3 is 21.1 Å². The van der Waals surface area contributed by atoms with Crippen molar-refractivity contribution in [1.29, 1.82) is 0 Å². The highest BCUT2D eigenvalue weighted by molar-refractivity contribution is 5.82. The zero-order valence-corrected chi connectivity index (χ0v) is 14.6. The highest BCUT2D eigenvalue weighted by Gasteiger charge is 2.13. The maximum atomic E-state index is 11.8. The quantitative estimate of drug-likeness (QED) is 0.405. The average Bonchev–Trinajstić information content (AvgIpc) is 2.60. The van der Waals surface area contributed by atoms with Crippen molar-refractivity contribution in [1.82, 2.24) is 10.6 Å². The van der Waals surface area contributed by atoms with E-state index in [1.165, 1.54) is 6.92 Å². The molecular weight excluding hydrogens is 322 g/mol. The number of nitrogens with one attached hydrogen (secondary N) is 2. The van der Waals surface area contributed by atoms with E-state index in [2.05, 4.69) is 10.6 Å². The molecule has 1 aromatic carbocycles. The molecule has 4 N–H and O–H groups in total. The zero-order valence-electron chi connectivity index (χ0n) is 14.6. The number of carbonyl (C=O) groups excluding carboxylic acids is 3. The number of esters is 1. The van der Waals surface area contributed by atoms with E-state index < -0.39 is 6.04 Å². The second kappa shape index (κ2) is 12.0. The van der Waals surface area contributed by atoms with Crippen molar-refractivity contribution in [2.75, 3.05) is 13.1 Å². The molecule has 138 valence electrons. The molecule has 7 heteroatoms. The highest BCUT2D eigenvalue weighted by Crippen LogP contribution is 2.02. The van der Waals surface area contributed by atoms with Gasteiger partial charge in [0.2, 0.25) is 11.8 Å². The molecule has 0 saturated heterocycles. The van der Waals surface area contributed by atoms with Crippen LogP contribution in [-0.4, -0.2) is 36.9 Å². The monoisotopic (exact) mass is 349 g/mol. The lowest BCUT2D eigenvalue weighted by Crippen LogP contribution is -2.41.